The van der Waals surface area contributed by atoms with Gasteiger partial charge in [-0.15, -0.1) is 0 Å². The maximum atomic E-state index is 13.0. The van der Waals surface area contributed by atoms with E-state index in [4.69, 9.17) is 0 Å². The average molecular weight is 288 g/mol. The molecule has 110 valence electrons. The van der Waals surface area contributed by atoms with Crippen LogP contribution in [0.1, 0.15) is 22.8 Å². The number of rotatable bonds is 5. The summed E-state index contributed by atoms with van der Waals surface area (Å²) in [6, 6.07) is 3.24. The first-order valence-corrected chi connectivity index (χ1v) is 5.93. The predicted octanol–water partition coefficient (Wildman–Crippen LogP) is 2.09. The first kappa shape index (κ1) is 16.0. The smallest absolute Gasteiger partial charge is 0.365 e. The van der Waals surface area contributed by atoms with Gasteiger partial charge in [-0.2, -0.15) is 13.2 Å². The summed E-state index contributed by atoms with van der Waals surface area (Å²) in [6.07, 6.45) is -4.24. The summed E-state index contributed by atoms with van der Waals surface area (Å²) in [5, 5.41) is 2.51. The van der Waals surface area contributed by atoms with Gasteiger partial charge in [0.2, 0.25) is 5.91 Å². The van der Waals surface area contributed by atoms with Crippen LogP contribution in [-0.4, -0.2) is 32.3 Å². The van der Waals surface area contributed by atoms with Crippen LogP contribution >= 0.6 is 0 Å². The second-order valence-electron chi connectivity index (χ2n) is 4.20. The van der Waals surface area contributed by atoms with Gasteiger partial charge in [0.15, 0.2) is 0 Å². The van der Waals surface area contributed by atoms with Crippen molar-refractivity contribution in [1.82, 2.24) is 5.32 Å². The van der Waals surface area contributed by atoms with E-state index >= 15 is 0 Å². The van der Waals surface area contributed by atoms with Gasteiger partial charge in [-0.25, -0.2) is 0 Å². The number of carbonyl (C=O) groups excluding carboxylic acids is 2. The van der Waals surface area contributed by atoms with Gasteiger partial charge in [0.1, 0.15) is 6.29 Å². The minimum Gasteiger partial charge on any atom is -0.365 e. The third kappa shape index (κ3) is 3.97. The standard InChI is InChI=1S/C13H15F3N2O2/c1-3-17-12(20)7-18(2)11-5-4-9(8-19)6-10(11)13(14,15)16/h4-6,8H,3,7H2,1-2H3,(H,17,20). The molecule has 0 spiro atoms. The molecule has 0 atom stereocenters. The Bertz CT molecular complexity index is 501. The number of likely N-dealkylation sites (N-methyl/N-ethyl adjacent to an activating group) is 2. The predicted molar refractivity (Wildman–Crippen MR) is 68.8 cm³/mol. The number of alkyl halides is 3. The summed E-state index contributed by atoms with van der Waals surface area (Å²) in [5.74, 6) is -0.373. The van der Waals surface area contributed by atoms with Crippen molar-refractivity contribution in [3.05, 3.63) is 29.3 Å². The summed E-state index contributed by atoms with van der Waals surface area (Å²) in [7, 11) is 1.39. The largest absolute Gasteiger partial charge is 0.418 e. The topological polar surface area (TPSA) is 49.4 Å². The number of carbonyl (C=O) groups is 2. The minimum absolute atomic E-state index is 0.0625. The fraction of sp³-hybridized carbons (Fsp3) is 0.385. The molecule has 0 saturated carbocycles. The molecule has 20 heavy (non-hydrogen) atoms. The number of hydrogen-bond donors (Lipinski definition) is 1. The molecule has 4 nitrogen and oxygen atoms in total. The zero-order chi connectivity index (χ0) is 15.3. The highest BCUT2D eigenvalue weighted by molar-refractivity contribution is 5.82. The molecule has 0 aliphatic rings. The summed E-state index contributed by atoms with van der Waals surface area (Å²) < 4.78 is 38.9. The highest BCUT2D eigenvalue weighted by Gasteiger charge is 2.34. The highest BCUT2D eigenvalue weighted by Crippen LogP contribution is 2.36. The van der Waals surface area contributed by atoms with E-state index in [1.54, 1.807) is 6.92 Å². The van der Waals surface area contributed by atoms with E-state index in [-0.39, 0.29) is 23.7 Å². The van der Waals surface area contributed by atoms with Crippen LogP contribution in [0.25, 0.3) is 0 Å². The molecule has 0 saturated heterocycles. The van der Waals surface area contributed by atoms with Crippen molar-refractivity contribution < 1.29 is 22.8 Å². The SMILES string of the molecule is CCNC(=O)CN(C)c1ccc(C=O)cc1C(F)(F)F. The zero-order valence-corrected chi connectivity index (χ0v) is 11.1. The molecule has 1 aromatic rings. The van der Waals surface area contributed by atoms with Crippen LogP contribution in [0, 0.1) is 0 Å². The van der Waals surface area contributed by atoms with Crippen molar-refractivity contribution in [2.45, 2.75) is 13.1 Å². The number of aldehydes is 1. The van der Waals surface area contributed by atoms with Crippen molar-refractivity contribution in [1.29, 1.82) is 0 Å². The molecule has 0 bridgehead atoms. The van der Waals surface area contributed by atoms with Crippen molar-refractivity contribution in [3.8, 4) is 0 Å². The number of benzene rings is 1. The quantitative estimate of drug-likeness (QED) is 0.844. The summed E-state index contributed by atoms with van der Waals surface area (Å²) >= 11 is 0. The third-order valence-electron chi connectivity index (χ3n) is 2.63. The van der Waals surface area contributed by atoms with Crippen LogP contribution < -0.4 is 10.2 Å². The number of amides is 1. The molecule has 0 radical (unpaired) electrons. The van der Waals surface area contributed by atoms with Crippen LogP contribution in [0.3, 0.4) is 0 Å². The van der Waals surface area contributed by atoms with Gasteiger partial charge >= 0.3 is 6.18 Å². The molecule has 7 heteroatoms. The molecule has 1 amide bonds. The van der Waals surface area contributed by atoms with Gasteiger partial charge < -0.3 is 10.2 Å². The molecule has 0 aliphatic heterocycles. The van der Waals surface area contributed by atoms with E-state index < -0.39 is 11.7 Å². The normalized spacial score (nSPS) is 11.1. The molecule has 1 aromatic carbocycles. The Labute approximate surface area is 114 Å². The summed E-state index contributed by atoms with van der Waals surface area (Å²) in [6.45, 7) is 1.93. The number of anilines is 1. The van der Waals surface area contributed by atoms with E-state index in [1.807, 2.05) is 0 Å². The highest BCUT2D eigenvalue weighted by atomic mass is 19.4. The van der Waals surface area contributed by atoms with E-state index in [0.29, 0.717) is 12.8 Å². The molecule has 0 heterocycles. The zero-order valence-electron chi connectivity index (χ0n) is 11.1. The molecular formula is C13H15F3N2O2. The fourth-order valence-corrected chi connectivity index (χ4v) is 1.74. The van der Waals surface area contributed by atoms with Gasteiger partial charge in [-0.1, -0.05) is 0 Å². The van der Waals surface area contributed by atoms with E-state index in [9.17, 15) is 22.8 Å². The van der Waals surface area contributed by atoms with Crippen LogP contribution in [0.5, 0.6) is 0 Å². The lowest BCUT2D eigenvalue weighted by Crippen LogP contribution is -2.35. The average Bonchev–Trinajstić information content (AvgIpc) is 2.37. The van der Waals surface area contributed by atoms with Gasteiger partial charge in [0.05, 0.1) is 12.1 Å². The van der Waals surface area contributed by atoms with Crippen LogP contribution in [-0.2, 0) is 11.0 Å². The minimum atomic E-state index is -4.59. The Morgan fingerprint density at radius 1 is 1.40 bits per heavy atom. The lowest BCUT2D eigenvalue weighted by Gasteiger charge is -2.23. The number of nitrogens with one attached hydrogen (secondary N) is 1. The van der Waals surface area contributed by atoms with Crippen molar-refractivity contribution in [3.63, 3.8) is 0 Å². The Morgan fingerprint density at radius 2 is 2.05 bits per heavy atom. The summed E-state index contributed by atoms with van der Waals surface area (Å²) in [5.41, 5.74) is -1.14. The molecule has 1 rings (SSSR count). The third-order valence-corrected chi connectivity index (χ3v) is 2.63. The monoisotopic (exact) mass is 288 g/mol. The maximum absolute atomic E-state index is 13.0. The molecule has 0 aromatic heterocycles. The van der Waals surface area contributed by atoms with E-state index in [1.165, 1.54) is 24.1 Å². The Balaban J connectivity index is 3.10. The van der Waals surface area contributed by atoms with Gasteiger partial charge in [0.25, 0.3) is 0 Å². The van der Waals surface area contributed by atoms with Crippen molar-refractivity contribution >= 4 is 17.9 Å². The van der Waals surface area contributed by atoms with Crippen molar-refractivity contribution in [2.24, 2.45) is 0 Å². The lowest BCUT2D eigenvalue weighted by atomic mass is 10.1. The molecule has 0 aliphatic carbocycles. The molecular weight excluding hydrogens is 273 g/mol. The fourth-order valence-electron chi connectivity index (χ4n) is 1.74. The van der Waals surface area contributed by atoms with Crippen LogP contribution in [0.15, 0.2) is 18.2 Å². The first-order valence-electron chi connectivity index (χ1n) is 5.93. The van der Waals surface area contributed by atoms with E-state index in [0.717, 1.165) is 6.07 Å². The molecule has 1 N–H and O–H groups in total. The second-order valence-corrected chi connectivity index (χ2v) is 4.20. The molecule has 0 unspecified atom stereocenters. The Hall–Kier alpha value is -2.05. The lowest BCUT2D eigenvalue weighted by molar-refractivity contribution is -0.137. The van der Waals surface area contributed by atoms with Crippen molar-refractivity contribution in [2.75, 3.05) is 25.0 Å². The van der Waals surface area contributed by atoms with Gasteiger partial charge in [0, 0.05) is 24.8 Å². The van der Waals surface area contributed by atoms with Gasteiger partial charge in [-0.3, -0.25) is 9.59 Å². The first-order chi connectivity index (χ1) is 9.29. The Kier molecular flexibility index (Phi) is 5.12. The number of hydrogen-bond acceptors (Lipinski definition) is 3. The van der Waals surface area contributed by atoms with Gasteiger partial charge in [-0.05, 0) is 25.1 Å². The second kappa shape index (κ2) is 6.40. The number of nitrogens with zero attached hydrogens (tertiary/aromatic N) is 1. The summed E-state index contributed by atoms with van der Waals surface area (Å²) in [4.78, 5) is 23.2. The van der Waals surface area contributed by atoms with E-state index in [2.05, 4.69) is 5.32 Å². The Morgan fingerprint density at radius 3 is 2.55 bits per heavy atom. The van der Waals surface area contributed by atoms with Crippen LogP contribution in [0.2, 0.25) is 0 Å². The maximum Gasteiger partial charge on any atom is 0.418 e. The van der Waals surface area contributed by atoms with Crippen LogP contribution in [0.4, 0.5) is 18.9 Å². The molecule has 0 fully saturated rings. The number of halogens is 3.